The molecule has 2 aromatic rings. The Morgan fingerprint density at radius 2 is 1.75 bits per heavy atom. The molecule has 0 saturated carbocycles. The van der Waals surface area contributed by atoms with E-state index in [0.29, 0.717) is 12.1 Å². The Morgan fingerprint density at radius 1 is 1.04 bits per heavy atom. The maximum Gasteiger partial charge on any atom is 0.150 e. The molecule has 2 aliphatic heterocycles. The molecule has 0 bridgehead atoms. The summed E-state index contributed by atoms with van der Waals surface area (Å²) in [6.45, 7) is 9.38. The summed E-state index contributed by atoms with van der Waals surface area (Å²) in [4.78, 5) is 14.6. The van der Waals surface area contributed by atoms with Crippen molar-refractivity contribution < 1.29 is 4.74 Å². The van der Waals surface area contributed by atoms with E-state index < -0.39 is 0 Å². The van der Waals surface area contributed by atoms with Crippen LogP contribution in [0, 0.1) is 6.92 Å². The minimum absolute atomic E-state index is 0.366. The molecular formula is C19H26N4O. The first-order valence-corrected chi connectivity index (χ1v) is 9.04. The molecule has 2 fully saturated rings. The number of morpholine rings is 1. The molecule has 1 aromatic heterocycles. The first-order chi connectivity index (χ1) is 11.7. The van der Waals surface area contributed by atoms with Crippen LogP contribution >= 0.6 is 0 Å². The quantitative estimate of drug-likeness (QED) is 0.848. The zero-order chi connectivity index (χ0) is 16.5. The summed E-state index contributed by atoms with van der Waals surface area (Å²) in [5, 5.41) is 0. The number of aryl methyl sites for hydroxylation is 1. The summed E-state index contributed by atoms with van der Waals surface area (Å²) in [6.07, 6.45) is 2.76. The molecule has 1 unspecified atom stereocenters. The number of benzene rings is 1. The normalized spacial score (nSPS) is 23.8. The third-order valence-corrected chi connectivity index (χ3v) is 5.27. The summed E-state index contributed by atoms with van der Waals surface area (Å²) < 4.78 is 5.68. The van der Waals surface area contributed by atoms with Crippen molar-refractivity contribution in [1.29, 1.82) is 0 Å². The van der Waals surface area contributed by atoms with Gasteiger partial charge in [-0.2, -0.15) is 0 Å². The molecule has 24 heavy (non-hydrogen) atoms. The number of anilines is 1. The number of piperidine rings is 1. The van der Waals surface area contributed by atoms with Crippen LogP contribution in [-0.2, 0) is 4.74 Å². The lowest BCUT2D eigenvalue weighted by Crippen LogP contribution is -2.51. The van der Waals surface area contributed by atoms with Crippen molar-refractivity contribution in [3.63, 3.8) is 0 Å². The van der Waals surface area contributed by atoms with Crippen LogP contribution in [0.15, 0.2) is 24.3 Å². The number of para-hydroxylation sites is 2. The summed E-state index contributed by atoms with van der Waals surface area (Å²) in [5.74, 6) is 1.06. The van der Waals surface area contributed by atoms with Crippen LogP contribution in [-0.4, -0.2) is 59.8 Å². The van der Waals surface area contributed by atoms with Crippen LogP contribution in [0.1, 0.15) is 25.5 Å². The monoisotopic (exact) mass is 326 g/mol. The van der Waals surface area contributed by atoms with E-state index in [4.69, 9.17) is 14.7 Å². The van der Waals surface area contributed by atoms with Gasteiger partial charge in [0.05, 0.1) is 29.4 Å². The fraction of sp³-hybridized carbons (Fsp3) is 0.579. The summed E-state index contributed by atoms with van der Waals surface area (Å²) in [6, 6.07) is 8.81. The van der Waals surface area contributed by atoms with Gasteiger partial charge in [-0.05, 0) is 38.8 Å². The third-order valence-electron chi connectivity index (χ3n) is 5.27. The number of ether oxygens (including phenoxy) is 1. The Labute approximate surface area is 143 Å². The van der Waals surface area contributed by atoms with E-state index in [1.807, 2.05) is 24.3 Å². The Morgan fingerprint density at radius 3 is 2.46 bits per heavy atom. The first kappa shape index (κ1) is 15.8. The number of fused-ring (bicyclic) bond motifs is 1. The first-order valence-electron chi connectivity index (χ1n) is 9.04. The molecule has 3 heterocycles. The van der Waals surface area contributed by atoms with Crippen molar-refractivity contribution >= 4 is 16.9 Å². The van der Waals surface area contributed by atoms with E-state index in [0.717, 1.165) is 55.3 Å². The minimum atomic E-state index is 0.366. The molecule has 128 valence electrons. The smallest absolute Gasteiger partial charge is 0.150 e. The second kappa shape index (κ2) is 6.65. The molecule has 2 saturated heterocycles. The number of rotatable bonds is 2. The van der Waals surface area contributed by atoms with Crippen molar-refractivity contribution in [2.24, 2.45) is 0 Å². The summed E-state index contributed by atoms with van der Waals surface area (Å²) in [5.41, 5.74) is 3.00. The predicted octanol–water partition coefficient (Wildman–Crippen LogP) is 2.63. The van der Waals surface area contributed by atoms with Crippen molar-refractivity contribution in [2.75, 3.05) is 37.7 Å². The molecule has 0 aliphatic carbocycles. The molecular weight excluding hydrogens is 300 g/mol. The average molecular weight is 326 g/mol. The van der Waals surface area contributed by atoms with Gasteiger partial charge in [0.2, 0.25) is 0 Å². The Kier molecular flexibility index (Phi) is 4.37. The van der Waals surface area contributed by atoms with Gasteiger partial charge in [0.25, 0.3) is 0 Å². The highest BCUT2D eigenvalue weighted by Crippen LogP contribution is 2.25. The van der Waals surface area contributed by atoms with Crippen molar-refractivity contribution in [2.45, 2.75) is 38.8 Å². The van der Waals surface area contributed by atoms with Gasteiger partial charge in [0.15, 0.2) is 5.82 Å². The Balaban J connectivity index is 1.46. The molecule has 2 aliphatic rings. The molecule has 1 atom stereocenters. The van der Waals surface area contributed by atoms with Gasteiger partial charge in [0, 0.05) is 32.2 Å². The molecule has 4 rings (SSSR count). The topological polar surface area (TPSA) is 41.5 Å². The predicted molar refractivity (Wildman–Crippen MR) is 96.5 cm³/mol. The summed E-state index contributed by atoms with van der Waals surface area (Å²) in [7, 11) is 0. The number of hydrogen-bond donors (Lipinski definition) is 0. The van der Waals surface area contributed by atoms with Gasteiger partial charge in [-0.1, -0.05) is 12.1 Å². The number of aromatic nitrogens is 2. The average Bonchev–Trinajstić information content (AvgIpc) is 2.61. The molecule has 5 heteroatoms. The Bertz CT molecular complexity index is 712. The lowest BCUT2D eigenvalue weighted by atomic mass is 10.0. The van der Waals surface area contributed by atoms with Crippen LogP contribution in [0.2, 0.25) is 0 Å². The molecule has 1 aromatic carbocycles. The highest BCUT2D eigenvalue weighted by molar-refractivity contribution is 5.76. The van der Waals surface area contributed by atoms with Gasteiger partial charge in [-0.25, -0.2) is 9.97 Å². The largest absolute Gasteiger partial charge is 0.376 e. The molecule has 5 nitrogen and oxygen atoms in total. The van der Waals surface area contributed by atoms with Gasteiger partial charge in [0.1, 0.15) is 0 Å². The van der Waals surface area contributed by atoms with Crippen molar-refractivity contribution in [3.05, 3.63) is 30.0 Å². The van der Waals surface area contributed by atoms with E-state index in [1.54, 1.807) is 0 Å². The molecule has 0 spiro atoms. The van der Waals surface area contributed by atoms with Gasteiger partial charge in [-0.15, -0.1) is 0 Å². The van der Waals surface area contributed by atoms with Crippen molar-refractivity contribution in [3.8, 4) is 0 Å². The van der Waals surface area contributed by atoms with E-state index >= 15 is 0 Å². The van der Waals surface area contributed by atoms with Crippen LogP contribution in [0.4, 0.5) is 5.82 Å². The minimum Gasteiger partial charge on any atom is -0.376 e. The van der Waals surface area contributed by atoms with Crippen LogP contribution < -0.4 is 4.90 Å². The zero-order valence-electron chi connectivity index (χ0n) is 14.6. The standard InChI is InChI=1S/C19H26N4O/c1-14-13-23(11-12-24-14)16-7-9-22(10-8-16)19-15(2)20-17-5-3-4-6-18(17)21-19/h3-6,14,16H,7-13H2,1-2H3. The van der Waals surface area contributed by atoms with Gasteiger partial charge in [-0.3, -0.25) is 4.90 Å². The summed E-state index contributed by atoms with van der Waals surface area (Å²) >= 11 is 0. The maximum atomic E-state index is 5.68. The van der Waals surface area contributed by atoms with Gasteiger partial charge >= 0.3 is 0 Å². The molecule has 0 N–H and O–H groups in total. The lowest BCUT2D eigenvalue weighted by Gasteiger charge is -2.42. The Hall–Kier alpha value is -1.72. The fourth-order valence-electron chi connectivity index (χ4n) is 4.00. The molecule has 0 amide bonds. The van der Waals surface area contributed by atoms with Crippen LogP contribution in [0.3, 0.4) is 0 Å². The number of hydrogen-bond acceptors (Lipinski definition) is 5. The molecule has 0 radical (unpaired) electrons. The SMILES string of the molecule is Cc1nc2ccccc2nc1N1CCC(N2CCOC(C)C2)CC1. The van der Waals surface area contributed by atoms with Crippen LogP contribution in [0.5, 0.6) is 0 Å². The second-order valence-electron chi connectivity index (χ2n) is 7.02. The maximum absolute atomic E-state index is 5.68. The highest BCUT2D eigenvalue weighted by Gasteiger charge is 2.28. The van der Waals surface area contributed by atoms with E-state index in [-0.39, 0.29) is 0 Å². The fourth-order valence-corrected chi connectivity index (χ4v) is 4.00. The van der Waals surface area contributed by atoms with Crippen molar-refractivity contribution in [1.82, 2.24) is 14.9 Å². The van der Waals surface area contributed by atoms with E-state index in [9.17, 15) is 0 Å². The van der Waals surface area contributed by atoms with E-state index in [1.165, 1.54) is 12.8 Å². The lowest BCUT2D eigenvalue weighted by molar-refractivity contribution is -0.0373. The van der Waals surface area contributed by atoms with E-state index in [2.05, 4.69) is 23.6 Å². The third kappa shape index (κ3) is 3.10. The zero-order valence-corrected chi connectivity index (χ0v) is 14.6. The van der Waals surface area contributed by atoms with Gasteiger partial charge < -0.3 is 9.64 Å². The number of nitrogens with zero attached hydrogens (tertiary/aromatic N) is 4. The second-order valence-corrected chi connectivity index (χ2v) is 7.02. The van der Waals surface area contributed by atoms with Crippen LogP contribution in [0.25, 0.3) is 11.0 Å². The highest BCUT2D eigenvalue weighted by atomic mass is 16.5.